The summed E-state index contributed by atoms with van der Waals surface area (Å²) >= 11 is 0. The molecule has 0 rings (SSSR count). The fraction of sp³-hybridized carbons (Fsp3) is 0.824. The molecule has 8 nitrogen and oxygen atoms in total. The zero-order valence-corrected chi connectivity index (χ0v) is 16.0. The summed E-state index contributed by atoms with van der Waals surface area (Å²) in [5, 5.41) is 14.9. The lowest BCUT2D eigenvalue weighted by Gasteiger charge is -2.20. The number of carboxylic acids is 1. The summed E-state index contributed by atoms with van der Waals surface area (Å²) in [5.74, 6) is -0.818. The lowest BCUT2D eigenvalue weighted by Crippen LogP contribution is -2.35. The van der Waals surface area contributed by atoms with Crippen molar-refractivity contribution in [2.75, 3.05) is 47.3 Å². The lowest BCUT2D eigenvalue weighted by atomic mass is 10.1. The molecule has 0 bridgehead atoms. The molecule has 0 aliphatic rings. The van der Waals surface area contributed by atoms with Crippen LogP contribution in [0, 0.1) is 0 Å². The number of hydrogen-bond donors (Lipinski definition) is 3. The summed E-state index contributed by atoms with van der Waals surface area (Å²) < 4.78 is 0. The highest BCUT2D eigenvalue weighted by molar-refractivity contribution is 5.77. The quantitative estimate of drug-likeness (QED) is 0.408. The Morgan fingerprint density at radius 3 is 2.08 bits per heavy atom. The van der Waals surface area contributed by atoms with Gasteiger partial charge in [0.25, 0.3) is 0 Å². The summed E-state index contributed by atoms with van der Waals surface area (Å²) in [7, 11) is 5.27. The lowest BCUT2D eigenvalue weighted by molar-refractivity contribution is -0.138. The van der Waals surface area contributed by atoms with Crippen LogP contribution in [0.25, 0.3) is 0 Å². The molecular formula is C17H34N4O4. The van der Waals surface area contributed by atoms with Crippen LogP contribution in [0.2, 0.25) is 0 Å². The van der Waals surface area contributed by atoms with Crippen LogP contribution in [0.5, 0.6) is 0 Å². The van der Waals surface area contributed by atoms with Crippen molar-refractivity contribution in [3.63, 3.8) is 0 Å². The average Bonchev–Trinajstić information content (AvgIpc) is 2.56. The molecule has 1 atom stereocenters. The number of hydrogen-bond acceptors (Lipinski definition) is 5. The maximum absolute atomic E-state index is 11.8. The topological polar surface area (TPSA) is 102 Å². The van der Waals surface area contributed by atoms with E-state index in [0.717, 1.165) is 19.4 Å². The standard InChI is InChI=1S/C17H34N4O4/c1-14(6-5-12-20(3)15(22)7-10-18-2)19-11-8-16(23)21(4)13-9-17(24)25/h14,18-19H,5-13H2,1-4H3,(H,24,25). The van der Waals surface area contributed by atoms with E-state index in [1.54, 1.807) is 11.9 Å². The fourth-order valence-corrected chi connectivity index (χ4v) is 2.29. The maximum atomic E-state index is 11.8. The molecule has 0 aromatic rings. The molecule has 0 aromatic carbocycles. The fourth-order valence-electron chi connectivity index (χ4n) is 2.29. The molecule has 0 spiro atoms. The number of aliphatic carboxylic acids is 1. The monoisotopic (exact) mass is 358 g/mol. The number of carbonyl (C=O) groups is 3. The Morgan fingerprint density at radius 2 is 1.52 bits per heavy atom. The normalized spacial score (nSPS) is 11.8. The molecule has 0 fully saturated rings. The van der Waals surface area contributed by atoms with Gasteiger partial charge >= 0.3 is 5.97 Å². The molecule has 3 N–H and O–H groups in total. The number of carboxylic acid groups (broad SMARTS) is 1. The second-order valence-corrected chi connectivity index (χ2v) is 6.38. The first-order valence-corrected chi connectivity index (χ1v) is 8.85. The molecule has 0 aliphatic heterocycles. The first-order chi connectivity index (χ1) is 11.8. The third-order valence-electron chi connectivity index (χ3n) is 4.06. The van der Waals surface area contributed by atoms with Crippen LogP contribution < -0.4 is 10.6 Å². The summed E-state index contributed by atoms with van der Waals surface area (Å²) in [6, 6.07) is 0.262. The molecule has 146 valence electrons. The van der Waals surface area contributed by atoms with Gasteiger partial charge in [-0.05, 0) is 26.8 Å². The van der Waals surface area contributed by atoms with Crippen LogP contribution >= 0.6 is 0 Å². The molecule has 0 saturated heterocycles. The number of carbonyl (C=O) groups excluding carboxylic acids is 2. The Hall–Kier alpha value is -1.67. The number of rotatable bonds is 14. The molecule has 1 unspecified atom stereocenters. The van der Waals surface area contributed by atoms with Gasteiger partial charge in [-0.15, -0.1) is 0 Å². The van der Waals surface area contributed by atoms with Gasteiger partial charge in [0.05, 0.1) is 6.42 Å². The molecule has 8 heteroatoms. The molecule has 0 heterocycles. The zero-order chi connectivity index (χ0) is 19.2. The van der Waals surface area contributed by atoms with E-state index in [0.29, 0.717) is 25.9 Å². The third kappa shape index (κ3) is 12.4. The minimum atomic E-state index is -0.902. The van der Waals surface area contributed by atoms with Crippen LogP contribution in [0.3, 0.4) is 0 Å². The van der Waals surface area contributed by atoms with Crippen LogP contribution in [0.4, 0.5) is 0 Å². The van der Waals surface area contributed by atoms with Gasteiger partial charge in [-0.2, -0.15) is 0 Å². The smallest absolute Gasteiger partial charge is 0.305 e. The van der Waals surface area contributed by atoms with E-state index in [1.807, 2.05) is 14.1 Å². The van der Waals surface area contributed by atoms with Crippen molar-refractivity contribution in [1.82, 2.24) is 20.4 Å². The first-order valence-electron chi connectivity index (χ1n) is 8.85. The molecule has 25 heavy (non-hydrogen) atoms. The predicted octanol–water partition coefficient (Wildman–Crippen LogP) is 0.136. The molecule has 0 radical (unpaired) electrons. The highest BCUT2D eigenvalue weighted by atomic mass is 16.4. The van der Waals surface area contributed by atoms with Crippen molar-refractivity contribution in [3.05, 3.63) is 0 Å². The van der Waals surface area contributed by atoms with E-state index >= 15 is 0 Å². The summed E-state index contributed by atoms with van der Waals surface area (Å²) in [6.07, 6.45) is 2.66. The predicted molar refractivity (Wildman–Crippen MR) is 97.4 cm³/mol. The SMILES string of the molecule is CNCCC(=O)N(C)CCCC(C)NCCC(=O)N(C)CCC(=O)O. The van der Waals surface area contributed by atoms with Crippen LogP contribution in [0.15, 0.2) is 0 Å². The number of nitrogens with zero attached hydrogens (tertiary/aromatic N) is 2. The molecule has 0 aromatic heterocycles. The van der Waals surface area contributed by atoms with Gasteiger partial charge in [0.1, 0.15) is 0 Å². The number of amides is 2. The summed E-state index contributed by atoms with van der Waals surface area (Å²) in [5.41, 5.74) is 0. The third-order valence-corrected chi connectivity index (χ3v) is 4.06. The molecular weight excluding hydrogens is 324 g/mol. The van der Waals surface area contributed by atoms with Gasteiger partial charge in [0, 0.05) is 59.2 Å². The van der Waals surface area contributed by atoms with Crippen LogP contribution in [0.1, 0.15) is 39.0 Å². The minimum Gasteiger partial charge on any atom is -0.481 e. The van der Waals surface area contributed by atoms with Crippen molar-refractivity contribution in [1.29, 1.82) is 0 Å². The number of nitrogens with one attached hydrogen (secondary N) is 2. The van der Waals surface area contributed by atoms with E-state index in [4.69, 9.17) is 5.11 Å². The Labute approximate surface area is 150 Å². The van der Waals surface area contributed by atoms with Crippen LogP contribution in [-0.2, 0) is 14.4 Å². The maximum Gasteiger partial charge on any atom is 0.305 e. The van der Waals surface area contributed by atoms with Crippen molar-refractivity contribution in [2.45, 2.75) is 45.1 Å². The van der Waals surface area contributed by atoms with Crippen LogP contribution in [-0.4, -0.2) is 86.1 Å². The average molecular weight is 358 g/mol. The second kappa shape index (κ2) is 13.6. The minimum absolute atomic E-state index is 0.0351. The second-order valence-electron chi connectivity index (χ2n) is 6.38. The van der Waals surface area contributed by atoms with Gasteiger partial charge in [0.2, 0.25) is 11.8 Å². The van der Waals surface area contributed by atoms with Crippen molar-refractivity contribution in [2.24, 2.45) is 0 Å². The van der Waals surface area contributed by atoms with Gasteiger partial charge in [-0.1, -0.05) is 0 Å². The van der Waals surface area contributed by atoms with Gasteiger partial charge in [-0.3, -0.25) is 14.4 Å². The Bertz CT molecular complexity index is 417. The highest BCUT2D eigenvalue weighted by Crippen LogP contribution is 2.01. The first kappa shape index (κ1) is 23.3. The van der Waals surface area contributed by atoms with E-state index in [9.17, 15) is 14.4 Å². The van der Waals surface area contributed by atoms with E-state index in [-0.39, 0.29) is 30.8 Å². The van der Waals surface area contributed by atoms with Crippen molar-refractivity contribution < 1.29 is 19.5 Å². The summed E-state index contributed by atoms with van der Waals surface area (Å²) in [4.78, 5) is 37.3. The Morgan fingerprint density at radius 1 is 0.960 bits per heavy atom. The van der Waals surface area contributed by atoms with Crippen molar-refractivity contribution in [3.8, 4) is 0 Å². The van der Waals surface area contributed by atoms with E-state index in [2.05, 4.69) is 17.6 Å². The van der Waals surface area contributed by atoms with Gasteiger partial charge in [0.15, 0.2) is 0 Å². The van der Waals surface area contributed by atoms with Gasteiger partial charge < -0.3 is 25.5 Å². The molecule has 2 amide bonds. The van der Waals surface area contributed by atoms with E-state index < -0.39 is 5.97 Å². The molecule has 0 saturated carbocycles. The summed E-state index contributed by atoms with van der Waals surface area (Å²) in [6.45, 7) is 4.27. The molecule has 0 aliphatic carbocycles. The zero-order valence-electron chi connectivity index (χ0n) is 16.0. The van der Waals surface area contributed by atoms with Gasteiger partial charge in [-0.25, -0.2) is 0 Å². The Kier molecular flexibility index (Phi) is 12.7. The van der Waals surface area contributed by atoms with E-state index in [1.165, 1.54) is 4.90 Å². The Balaban J connectivity index is 3.79. The van der Waals surface area contributed by atoms with Crippen molar-refractivity contribution >= 4 is 17.8 Å². The largest absolute Gasteiger partial charge is 0.481 e. The highest BCUT2D eigenvalue weighted by Gasteiger charge is 2.11.